The van der Waals surface area contributed by atoms with Gasteiger partial charge in [-0.25, -0.2) is 0 Å². The van der Waals surface area contributed by atoms with Crippen LogP contribution in [0.3, 0.4) is 0 Å². The standard InChI is InChI=1S/C16H24N2O3/c1-2-21-15-7-6-12(9-14(15)17)16(20)18-10-11-4-3-5-13(19)8-11/h6-7,9,11,13,19H,2-5,8,10,17H2,1H3,(H,18,20). The van der Waals surface area contributed by atoms with Crippen molar-refractivity contribution >= 4 is 11.6 Å². The first-order chi connectivity index (χ1) is 10.1. The van der Waals surface area contributed by atoms with Crippen LogP contribution in [0.5, 0.6) is 5.75 Å². The normalized spacial score (nSPS) is 21.8. The second-order valence-electron chi connectivity index (χ2n) is 5.58. The number of nitrogens with two attached hydrogens (primary N) is 1. The van der Waals surface area contributed by atoms with Crippen molar-refractivity contribution in [3.05, 3.63) is 23.8 Å². The van der Waals surface area contributed by atoms with E-state index in [-0.39, 0.29) is 12.0 Å². The van der Waals surface area contributed by atoms with E-state index in [9.17, 15) is 9.90 Å². The molecule has 2 unspecified atom stereocenters. The Kier molecular flexibility index (Phi) is 5.44. The number of benzene rings is 1. The van der Waals surface area contributed by atoms with Gasteiger partial charge in [0.1, 0.15) is 5.75 Å². The highest BCUT2D eigenvalue weighted by Crippen LogP contribution is 2.24. The molecule has 0 bridgehead atoms. The van der Waals surface area contributed by atoms with Crippen molar-refractivity contribution < 1.29 is 14.6 Å². The van der Waals surface area contributed by atoms with Gasteiger partial charge in [-0.3, -0.25) is 4.79 Å². The fourth-order valence-corrected chi connectivity index (χ4v) is 2.76. The van der Waals surface area contributed by atoms with Gasteiger partial charge >= 0.3 is 0 Å². The van der Waals surface area contributed by atoms with Crippen molar-refractivity contribution in [2.45, 2.75) is 38.7 Å². The van der Waals surface area contributed by atoms with Gasteiger partial charge in [0.15, 0.2) is 0 Å². The number of nitrogens with one attached hydrogen (secondary N) is 1. The second kappa shape index (κ2) is 7.31. The lowest BCUT2D eigenvalue weighted by atomic mass is 9.87. The van der Waals surface area contributed by atoms with E-state index in [1.165, 1.54) is 0 Å². The van der Waals surface area contributed by atoms with Crippen LogP contribution in [0.25, 0.3) is 0 Å². The molecule has 4 N–H and O–H groups in total. The Morgan fingerprint density at radius 2 is 2.29 bits per heavy atom. The molecule has 21 heavy (non-hydrogen) atoms. The van der Waals surface area contributed by atoms with E-state index in [0.717, 1.165) is 25.7 Å². The van der Waals surface area contributed by atoms with Crippen LogP contribution >= 0.6 is 0 Å². The molecule has 1 aliphatic rings. The number of anilines is 1. The summed E-state index contributed by atoms with van der Waals surface area (Å²) < 4.78 is 5.35. The Bertz CT molecular complexity index is 490. The van der Waals surface area contributed by atoms with Gasteiger partial charge in [-0.2, -0.15) is 0 Å². The molecular formula is C16H24N2O3. The fraction of sp³-hybridized carbons (Fsp3) is 0.562. The molecule has 0 aliphatic heterocycles. The summed E-state index contributed by atoms with van der Waals surface area (Å²) in [4.78, 5) is 12.1. The molecule has 1 aromatic rings. The maximum atomic E-state index is 12.1. The average molecular weight is 292 g/mol. The third-order valence-electron chi connectivity index (χ3n) is 3.88. The van der Waals surface area contributed by atoms with Crippen LogP contribution in [0.2, 0.25) is 0 Å². The van der Waals surface area contributed by atoms with Crippen LogP contribution in [0, 0.1) is 5.92 Å². The van der Waals surface area contributed by atoms with Crippen LogP contribution in [0.15, 0.2) is 18.2 Å². The molecule has 1 aromatic carbocycles. The summed E-state index contributed by atoms with van der Waals surface area (Å²) in [6.45, 7) is 3.03. The monoisotopic (exact) mass is 292 g/mol. The summed E-state index contributed by atoms with van der Waals surface area (Å²) in [5.74, 6) is 0.826. The lowest BCUT2D eigenvalue weighted by molar-refractivity contribution is 0.0874. The van der Waals surface area contributed by atoms with E-state index in [1.807, 2.05) is 6.92 Å². The van der Waals surface area contributed by atoms with Gasteiger partial charge in [-0.15, -0.1) is 0 Å². The van der Waals surface area contributed by atoms with Crippen LogP contribution in [0.1, 0.15) is 43.0 Å². The number of ether oxygens (including phenoxy) is 1. The first-order valence-electron chi connectivity index (χ1n) is 7.58. The van der Waals surface area contributed by atoms with Crippen LogP contribution < -0.4 is 15.8 Å². The molecule has 5 heteroatoms. The van der Waals surface area contributed by atoms with Gasteiger partial charge in [-0.05, 0) is 50.3 Å². The number of aliphatic hydroxyl groups is 1. The summed E-state index contributed by atoms with van der Waals surface area (Å²) in [5.41, 5.74) is 6.87. The number of hydrogen-bond donors (Lipinski definition) is 3. The van der Waals surface area contributed by atoms with Crippen molar-refractivity contribution in [2.75, 3.05) is 18.9 Å². The van der Waals surface area contributed by atoms with Crippen molar-refractivity contribution in [1.29, 1.82) is 0 Å². The van der Waals surface area contributed by atoms with Crippen molar-refractivity contribution in [1.82, 2.24) is 5.32 Å². The number of hydrogen-bond acceptors (Lipinski definition) is 4. The minimum absolute atomic E-state index is 0.134. The predicted molar refractivity (Wildman–Crippen MR) is 82.3 cm³/mol. The molecule has 0 saturated heterocycles. The minimum atomic E-state index is -0.221. The summed E-state index contributed by atoms with van der Waals surface area (Å²) in [6, 6.07) is 5.07. The molecule has 116 valence electrons. The number of aliphatic hydroxyl groups excluding tert-OH is 1. The van der Waals surface area contributed by atoms with E-state index < -0.39 is 0 Å². The molecule has 2 rings (SSSR count). The highest BCUT2D eigenvalue weighted by Gasteiger charge is 2.20. The number of rotatable bonds is 5. The first kappa shape index (κ1) is 15.6. The third-order valence-corrected chi connectivity index (χ3v) is 3.88. The van der Waals surface area contributed by atoms with Crippen LogP contribution in [0.4, 0.5) is 5.69 Å². The van der Waals surface area contributed by atoms with Crippen molar-refractivity contribution in [3.8, 4) is 5.75 Å². The topological polar surface area (TPSA) is 84.6 Å². The Morgan fingerprint density at radius 3 is 2.95 bits per heavy atom. The maximum Gasteiger partial charge on any atom is 0.251 e. The molecule has 0 heterocycles. The van der Waals surface area contributed by atoms with Gasteiger partial charge in [0.05, 0.1) is 18.4 Å². The minimum Gasteiger partial charge on any atom is -0.492 e. The van der Waals surface area contributed by atoms with Crippen LogP contribution in [-0.2, 0) is 0 Å². The van der Waals surface area contributed by atoms with E-state index in [1.54, 1.807) is 18.2 Å². The number of amides is 1. The van der Waals surface area contributed by atoms with E-state index in [0.29, 0.717) is 36.1 Å². The Balaban J connectivity index is 1.89. The average Bonchev–Trinajstić information content (AvgIpc) is 2.47. The number of carbonyl (C=O) groups is 1. The molecule has 0 aromatic heterocycles. The predicted octanol–water partition coefficient (Wildman–Crippen LogP) is 1.95. The Hall–Kier alpha value is -1.75. The highest BCUT2D eigenvalue weighted by atomic mass is 16.5. The van der Waals surface area contributed by atoms with Gasteiger partial charge in [0.25, 0.3) is 5.91 Å². The molecule has 1 fully saturated rings. The highest BCUT2D eigenvalue weighted by molar-refractivity contribution is 5.95. The molecule has 1 saturated carbocycles. The smallest absolute Gasteiger partial charge is 0.251 e. The largest absolute Gasteiger partial charge is 0.492 e. The van der Waals surface area contributed by atoms with Gasteiger partial charge in [0, 0.05) is 12.1 Å². The zero-order valence-electron chi connectivity index (χ0n) is 12.5. The third kappa shape index (κ3) is 4.36. The van der Waals surface area contributed by atoms with Gasteiger partial charge in [-0.1, -0.05) is 6.42 Å². The molecular weight excluding hydrogens is 268 g/mol. The second-order valence-corrected chi connectivity index (χ2v) is 5.58. The molecule has 0 radical (unpaired) electrons. The molecule has 0 spiro atoms. The lowest BCUT2D eigenvalue weighted by Gasteiger charge is -2.25. The molecule has 2 atom stereocenters. The molecule has 1 aliphatic carbocycles. The zero-order chi connectivity index (χ0) is 15.2. The van der Waals surface area contributed by atoms with Crippen molar-refractivity contribution in [2.24, 2.45) is 5.92 Å². The zero-order valence-corrected chi connectivity index (χ0v) is 12.5. The summed E-state index contributed by atoms with van der Waals surface area (Å²) in [5, 5.41) is 12.6. The molecule has 5 nitrogen and oxygen atoms in total. The number of carbonyl (C=O) groups excluding carboxylic acids is 1. The van der Waals surface area contributed by atoms with E-state index >= 15 is 0 Å². The summed E-state index contributed by atoms with van der Waals surface area (Å²) >= 11 is 0. The van der Waals surface area contributed by atoms with Gasteiger partial charge < -0.3 is 20.9 Å². The SMILES string of the molecule is CCOc1ccc(C(=O)NCC2CCCC(O)C2)cc1N. The lowest BCUT2D eigenvalue weighted by Crippen LogP contribution is -2.33. The fourth-order valence-electron chi connectivity index (χ4n) is 2.76. The Labute approximate surface area is 125 Å². The molecule has 1 amide bonds. The summed E-state index contributed by atoms with van der Waals surface area (Å²) in [6.07, 6.45) is 3.51. The van der Waals surface area contributed by atoms with Gasteiger partial charge in [0.2, 0.25) is 0 Å². The number of nitrogen functional groups attached to an aromatic ring is 1. The van der Waals surface area contributed by atoms with Crippen molar-refractivity contribution in [3.63, 3.8) is 0 Å². The van der Waals surface area contributed by atoms with Crippen LogP contribution in [-0.4, -0.2) is 30.3 Å². The summed E-state index contributed by atoms with van der Waals surface area (Å²) in [7, 11) is 0. The first-order valence-corrected chi connectivity index (χ1v) is 7.58. The van der Waals surface area contributed by atoms with E-state index in [2.05, 4.69) is 5.32 Å². The quantitative estimate of drug-likeness (QED) is 0.724. The Morgan fingerprint density at radius 1 is 1.48 bits per heavy atom. The van der Waals surface area contributed by atoms with E-state index in [4.69, 9.17) is 10.5 Å². The maximum absolute atomic E-state index is 12.1.